The maximum atomic E-state index is 12.3. The SMILES string of the molecule is Cl.O=C(CCC(=O)N1CCC2(CCNC2)CC1)c1ccc(Cl)cc1. The Hall–Kier alpha value is -1.10. The molecule has 0 unspecified atom stereocenters. The zero-order valence-electron chi connectivity index (χ0n) is 13.7. The summed E-state index contributed by atoms with van der Waals surface area (Å²) in [6, 6.07) is 6.84. The molecule has 6 heteroatoms. The summed E-state index contributed by atoms with van der Waals surface area (Å²) in [5.74, 6) is 0.108. The molecular weight excluding hydrogens is 347 g/mol. The van der Waals surface area contributed by atoms with Gasteiger partial charge in [0.15, 0.2) is 5.78 Å². The first-order valence-corrected chi connectivity index (χ1v) is 8.73. The third-order valence-electron chi connectivity index (χ3n) is 5.24. The lowest BCUT2D eigenvalue weighted by Crippen LogP contribution is -2.44. The molecule has 4 nitrogen and oxygen atoms in total. The standard InChI is InChI=1S/C18H23ClN2O2.ClH/c19-15-3-1-14(2-4-15)16(22)5-6-17(23)21-11-8-18(9-12-21)7-10-20-13-18;/h1-4,20H,5-13H2;1H. The van der Waals surface area contributed by atoms with Crippen molar-refractivity contribution in [3.05, 3.63) is 34.9 Å². The van der Waals surface area contributed by atoms with Crippen LogP contribution in [0.5, 0.6) is 0 Å². The molecule has 132 valence electrons. The fourth-order valence-corrected chi connectivity index (χ4v) is 3.74. The van der Waals surface area contributed by atoms with E-state index in [4.69, 9.17) is 11.6 Å². The third kappa shape index (κ3) is 4.50. The summed E-state index contributed by atoms with van der Waals surface area (Å²) in [6.07, 6.45) is 3.95. The predicted molar refractivity (Wildman–Crippen MR) is 98.0 cm³/mol. The van der Waals surface area contributed by atoms with Gasteiger partial charge in [0.2, 0.25) is 5.91 Å². The molecule has 1 N–H and O–H groups in total. The van der Waals surface area contributed by atoms with E-state index >= 15 is 0 Å². The minimum absolute atomic E-state index is 0. The van der Waals surface area contributed by atoms with Gasteiger partial charge in [0.1, 0.15) is 0 Å². The van der Waals surface area contributed by atoms with Crippen molar-refractivity contribution in [1.82, 2.24) is 10.2 Å². The van der Waals surface area contributed by atoms with Gasteiger partial charge in [-0.15, -0.1) is 12.4 Å². The number of hydrogen-bond donors (Lipinski definition) is 1. The number of piperidine rings is 1. The molecule has 1 aromatic rings. The van der Waals surface area contributed by atoms with Gasteiger partial charge in [-0.1, -0.05) is 11.6 Å². The van der Waals surface area contributed by atoms with Crippen LogP contribution in [0.25, 0.3) is 0 Å². The predicted octanol–water partition coefficient (Wildman–Crippen LogP) is 3.33. The maximum absolute atomic E-state index is 12.3. The molecule has 2 aliphatic heterocycles. The lowest BCUT2D eigenvalue weighted by Gasteiger charge is -2.38. The first kappa shape index (κ1) is 19.2. The van der Waals surface area contributed by atoms with Gasteiger partial charge in [-0.2, -0.15) is 0 Å². The molecule has 0 atom stereocenters. The lowest BCUT2D eigenvalue weighted by molar-refractivity contribution is -0.133. The van der Waals surface area contributed by atoms with Crippen molar-refractivity contribution in [1.29, 1.82) is 0 Å². The molecule has 2 saturated heterocycles. The average Bonchev–Trinajstić information content (AvgIpc) is 3.02. The Balaban J connectivity index is 0.00000208. The number of hydrogen-bond acceptors (Lipinski definition) is 3. The molecule has 0 radical (unpaired) electrons. The molecule has 0 aliphatic carbocycles. The molecule has 2 heterocycles. The highest BCUT2D eigenvalue weighted by atomic mass is 35.5. The summed E-state index contributed by atoms with van der Waals surface area (Å²) < 4.78 is 0. The fourth-order valence-electron chi connectivity index (χ4n) is 3.61. The van der Waals surface area contributed by atoms with Gasteiger partial charge in [0, 0.05) is 43.1 Å². The molecule has 3 rings (SSSR count). The number of carbonyl (C=O) groups is 2. The number of amides is 1. The Morgan fingerprint density at radius 2 is 1.75 bits per heavy atom. The Kier molecular flexibility index (Phi) is 6.67. The first-order chi connectivity index (χ1) is 11.1. The van der Waals surface area contributed by atoms with Gasteiger partial charge in [0.05, 0.1) is 0 Å². The Morgan fingerprint density at radius 3 is 2.33 bits per heavy atom. The van der Waals surface area contributed by atoms with Crippen LogP contribution in [0.3, 0.4) is 0 Å². The largest absolute Gasteiger partial charge is 0.343 e. The topological polar surface area (TPSA) is 49.4 Å². The molecule has 24 heavy (non-hydrogen) atoms. The number of ketones is 1. The summed E-state index contributed by atoms with van der Waals surface area (Å²) in [6.45, 7) is 3.85. The van der Waals surface area contributed by atoms with Gasteiger partial charge in [0.25, 0.3) is 0 Å². The number of likely N-dealkylation sites (tertiary alicyclic amines) is 1. The van der Waals surface area contributed by atoms with Crippen LogP contribution in [0.2, 0.25) is 5.02 Å². The Morgan fingerprint density at radius 1 is 1.08 bits per heavy atom. The average molecular weight is 371 g/mol. The second-order valence-electron chi connectivity index (χ2n) is 6.74. The van der Waals surface area contributed by atoms with E-state index in [0.29, 0.717) is 22.4 Å². The van der Waals surface area contributed by atoms with Crippen molar-refractivity contribution in [2.45, 2.75) is 32.1 Å². The molecule has 1 aromatic carbocycles. The number of carbonyl (C=O) groups excluding carboxylic acids is 2. The van der Waals surface area contributed by atoms with Crippen molar-refractivity contribution in [3.8, 4) is 0 Å². The van der Waals surface area contributed by atoms with Gasteiger partial charge in [-0.3, -0.25) is 9.59 Å². The molecule has 0 saturated carbocycles. The number of Topliss-reactive ketones (excluding diaryl/α,β-unsaturated/α-hetero) is 1. The molecule has 2 aliphatic rings. The number of rotatable bonds is 4. The van der Waals surface area contributed by atoms with Crippen molar-refractivity contribution >= 4 is 35.7 Å². The zero-order valence-corrected chi connectivity index (χ0v) is 15.3. The van der Waals surface area contributed by atoms with Crippen LogP contribution in [0, 0.1) is 5.41 Å². The Labute approximate surface area is 154 Å². The quantitative estimate of drug-likeness (QED) is 0.826. The highest BCUT2D eigenvalue weighted by molar-refractivity contribution is 6.30. The smallest absolute Gasteiger partial charge is 0.223 e. The van der Waals surface area contributed by atoms with Crippen molar-refractivity contribution in [3.63, 3.8) is 0 Å². The van der Waals surface area contributed by atoms with Crippen LogP contribution in [-0.2, 0) is 4.79 Å². The molecule has 0 bridgehead atoms. The molecule has 2 fully saturated rings. The van der Waals surface area contributed by atoms with Gasteiger partial charge in [-0.05, 0) is 55.5 Å². The van der Waals surface area contributed by atoms with E-state index in [1.165, 1.54) is 6.42 Å². The van der Waals surface area contributed by atoms with Gasteiger partial charge >= 0.3 is 0 Å². The van der Waals surface area contributed by atoms with Crippen molar-refractivity contribution in [2.75, 3.05) is 26.2 Å². The fraction of sp³-hybridized carbons (Fsp3) is 0.556. The summed E-state index contributed by atoms with van der Waals surface area (Å²) in [5.41, 5.74) is 1.03. The number of nitrogens with one attached hydrogen (secondary N) is 1. The normalized spacial score (nSPS) is 19.1. The minimum atomic E-state index is 0. The molecule has 1 amide bonds. The van der Waals surface area contributed by atoms with Crippen LogP contribution < -0.4 is 5.32 Å². The van der Waals surface area contributed by atoms with E-state index in [0.717, 1.165) is 39.0 Å². The summed E-state index contributed by atoms with van der Waals surface area (Å²) in [7, 11) is 0. The van der Waals surface area contributed by atoms with Crippen molar-refractivity contribution in [2.24, 2.45) is 5.41 Å². The van der Waals surface area contributed by atoms with Crippen LogP contribution in [0.15, 0.2) is 24.3 Å². The van der Waals surface area contributed by atoms with Crippen LogP contribution in [0.1, 0.15) is 42.5 Å². The highest BCUT2D eigenvalue weighted by Crippen LogP contribution is 2.37. The summed E-state index contributed by atoms with van der Waals surface area (Å²) in [5, 5.41) is 4.04. The van der Waals surface area contributed by atoms with Crippen LogP contribution in [-0.4, -0.2) is 42.8 Å². The van der Waals surface area contributed by atoms with E-state index in [-0.39, 0.29) is 30.5 Å². The lowest BCUT2D eigenvalue weighted by atomic mass is 9.78. The minimum Gasteiger partial charge on any atom is -0.343 e. The van der Waals surface area contributed by atoms with E-state index in [1.54, 1.807) is 24.3 Å². The number of benzene rings is 1. The molecule has 0 aromatic heterocycles. The summed E-state index contributed by atoms with van der Waals surface area (Å²) >= 11 is 5.82. The maximum Gasteiger partial charge on any atom is 0.223 e. The van der Waals surface area contributed by atoms with E-state index in [2.05, 4.69) is 5.32 Å². The van der Waals surface area contributed by atoms with E-state index in [9.17, 15) is 9.59 Å². The number of halogens is 2. The Bertz CT molecular complexity index is 573. The van der Waals surface area contributed by atoms with E-state index in [1.807, 2.05) is 4.90 Å². The third-order valence-corrected chi connectivity index (χ3v) is 5.49. The van der Waals surface area contributed by atoms with Crippen LogP contribution >= 0.6 is 24.0 Å². The van der Waals surface area contributed by atoms with Crippen LogP contribution in [0.4, 0.5) is 0 Å². The monoisotopic (exact) mass is 370 g/mol. The highest BCUT2D eigenvalue weighted by Gasteiger charge is 2.37. The van der Waals surface area contributed by atoms with Crippen molar-refractivity contribution < 1.29 is 9.59 Å². The summed E-state index contributed by atoms with van der Waals surface area (Å²) in [4.78, 5) is 26.4. The second-order valence-corrected chi connectivity index (χ2v) is 7.17. The number of nitrogens with zero attached hydrogens (tertiary/aromatic N) is 1. The van der Waals surface area contributed by atoms with Gasteiger partial charge in [-0.25, -0.2) is 0 Å². The first-order valence-electron chi connectivity index (χ1n) is 8.35. The second kappa shape index (κ2) is 8.32. The molecule has 1 spiro atoms. The molecular formula is C18H24Cl2N2O2. The van der Waals surface area contributed by atoms with E-state index < -0.39 is 0 Å². The van der Waals surface area contributed by atoms with Gasteiger partial charge < -0.3 is 10.2 Å². The zero-order chi connectivity index (χ0) is 16.3.